The molecule has 0 aromatic heterocycles. The number of fused-ring (bicyclic) bond motifs is 1. The smallest absolute Gasteiger partial charge is 0.309 e. The Morgan fingerprint density at radius 2 is 1.59 bits per heavy atom. The largest absolute Gasteiger partial charge is 0.493 e. The van der Waals surface area contributed by atoms with Crippen molar-refractivity contribution in [1.82, 2.24) is 0 Å². The lowest BCUT2D eigenvalue weighted by molar-refractivity contribution is -0.141. The van der Waals surface area contributed by atoms with Crippen LogP contribution in [0.1, 0.15) is 11.1 Å². The molecule has 29 heavy (non-hydrogen) atoms. The van der Waals surface area contributed by atoms with Crippen LogP contribution in [0.25, 0.3) is 0 Å². The normalized spacial score (nSPS) is 19.8. The van der Waals surface area contributed by atoms with E-state index in [9.17, 15) is 4.79 Å². The van der Waals surface area contributed by atoms with Crippen LogP contribution in [0.15, 0.2) is 30.3 Å². The summed E-state index contributed by atoms with van der Waals surface area (Å²) < 4.78 is 32.5. The number of ether oxygens (including phenoxy) is 6. The zero-order chi connectivity index (χ0) is 20.4. The molecule has 7 heteroatoms. The summed E-state index contributed by atoms with van der Waals surface area (Å²) in [5.41, 5.74) is 2.02. The number of benzene rings is 2. The van der Waals surface area contributed by atoms with E-state index in [1.807, 2.05) is 30.3 Å². The molecule has 0 radical (unpaired) electrons. The number of rotatable bonds is 7. The van der Waals surface area contributed by atoms with Gasteiger partial charge in [0.25, 0.3) is 0 Å². The second-order valence-corrected chi connectivity index (χ2v) is 7.13. The second-order valence-electron chi connectivity index (χ2n) is 7.13. The highest BCUT2D eigenvalue weighted by Gasteiger charge is 2.37. The first-order valence-corrected chi connectivity index (χ1v) is 9.47. The molecule has 7 nitrogen and oxygen atoms in total. The van der Waals surface area contributed by atoms with Gasteiger partial charge in [-0.15, -0.1) is 0 Å². The Labute approximate surface area is 169 Å². The highest BCUT2D eigenvalue weighted by molar-refractivity contribution is 5.75. The molecule has 2 aliphatic heterocycles. The Bertz CT molecular complexity index is 883. The van der Waals surface area contributed by atoms with E-state index in [2.05, 4.69) is 0 Å². The van der Waals surface area contributed by atoms with Crippen molar-refractivity contribution in [2.24, 2.45) is 11.8 Å². The maximum atomic E-state index is 12.4. The first-order chi connectivity index (χ1) is 14.1. The third kappa shape index (κ3) is 3.77. The molecule has 4 rings (SSSR count). The number of hydrogen-bond donors (Lipinski definition) is 0. The van der Waals surface area contributed by atoms with Gasteiger partial charge in [-0.1, -0.05) is 6.07 Å². The molecule has 1 fully saturated rings. The lowest BCUT2D eigenvalue weighted by Gasteiger charge is -2.18. The van der Waals surface area contributed by atoms with Gasteiger partial charge in [0.05, 0.1) is 33.9 Å². The third-order valence-electron chi connectivity index (χ3n) is 5.43. The molecule has 2 heterocycles. The number of carbonyl (C=O) groups excluding carboxylic acids is 1. The second kappa shape index (κ2) is 8.11. The minimum atomic E-state index is -0.247. The van der Waals surface area contributed by atoms with Gasteiger partial charge >= 0.3 is 5.97 Å². The fourth-order valence-electron chi connectivity index (χ4n) is 3.93. The molecule has 0 amide bonds. The maximum Gasteiger partial charge on any atom is 0.309 e. The van der Waals surface area contributed by atoms with E-state index in [1.165, 1.54) is 0 Å². The predicted octanol–water partition coefficient (Wildman–Crippen LogP) is 3.02. The number of methoxy groups -OCH3 is 3. The van der Waals surface area contributed by atoms with Crippen molar-refractivity contribution in [2.45, 2.75) is 12.8 Å². The number of carbonyl (C=O) groups is 1. The van der Waals surface area contributed by atoms with Crippen molar-refractivity contribution in [3.63, 3.8) is 0 Å². The van der Waals surface area contributed by atoms with Gasteiger partial charge in [-0.25, -0.2) is 0 Å². The molecule has 0 spiro atoms. The van der Waals surface area contributed by atoms with E-state index in [0.29, 0.717) is 30.3 Å². The minimum Gasteiger partial charge on any atom is -0.493 e. The van der Waals surface area contributed by atoms with E-state index in [1.54, 1.807) is 21.3 Å². The van der Waals surface area contributed by atoms with Crippen LogP contribution in [-0.2, 0) is 22.4 Å². The molecule has 0 N–H and O–H groups in total. The molecule has 0 saturated carbocycles. The van der Waals surface area contributed by atoms with Crippen LogP contribution in [0.2, 0.25) is 0 Å². The summed E-state index contributed by atoms with van der Waals surface area (Å²) in [6.07, 6.45) is 1.25. The SMILES string of the molecule is COc1cc(C[C@@H]2C(=O)OC[C@@H]2Cc2ccc3c(c2)OCO3)cc(OC)c1OC. The van der Waals surface area contributed by atoms with Crippen molar-refractivity contribution < 1.29 is 33.2 Å². The Morgan fingerprint density at radius 1 is 0.862 bits per heavy atom. The van der Waals surface area contributed by atoms with Crippen LogP contribution in [-0.4, -0.2) is 40.7 Å². The third-order valence-corrected chi connectivity index (χ3v) is 5.43. The molecule has 2 aromatic carbocycles. The summed E-state index contributed by atoms with van der Waals surface area (Å²) in [5.74, 6) is 2.82. The fourth-order valence-corrected chi connectivity index (χ4v) is 3.93. The summed E-state index contributed by atoms with van der Waals surface area (Å²) in [6, 6.07) is 9.65. The zero-order valence-corrected chi connectivity index (χ0v) is 16.7. The lowest BCUT2D eigenvalue weighted by Crippen LogP contribution is -2.20. The molecule has 1 saturated heterocycles. The zero-order valence-electron chi connectivity index (χ0n) is 16.7. The minimum absolute atomic E-state index is 0.0713. The van der Waals surface area contributed by atoms with Crippen LogP contribution in [0.4, 0.5) is 0 Å². The van der Waals surface area contributed by atoms with Crippen molar-refractivity contribution >= 4 is 5.97 Å². The van der Waals surface area contributed by atoms with Gasteiger partial charge in [0.2, 0.25) is 12.5 Å². The highest BCUT2D eigenvalue weighted by atomic mass is 16.7. The standard InChI is InChI=1S/C22H24O7/c1-24-19-9-14(10-20(25-2)21(19)26-3)7-16-15(11-27-22(16)23)6-13-4-5-17-18(8-13)29-12-28-17/h4-5,8-10,15-16H,6-7,11-12H2,1-3H3/t15-,16-/m0/s1. The van der Waals surface area contributed by atoms with Crippen LogP contribution >= 0.6 is 0 Å². The van der Waals surface area contributed by atoms with E-state index >= 15 is 0 Å². The van der Waals surface area contributed by atoms with E-state index in [4.69, 9.17) is 28.4 Å². The summed E-state index contributed by atoms with van der Waals surface area (Å²) in [6.45, 7) is 0.649. The quantitative estimate of drug-likeness (QED) is 0.662. The fraction of sp³-hybridized carbons (Fsp3) is 0.409. The Hall–Kier alpha value is -3.09. The Morgan fingerprint density at radius 3 is 2.28 bits per heavy atom. The van der Waals surface area contributed by atoms with Crippen LogP contribution < -0.4 is 23.7 Å². The van der Waals surface area contributed by atoms with Gasteiger partial charge in [-0.05, 0) is 48.2 Å². The molecule has 0 bridgehead atoms. The van der Waals surface area contributed by atoms with E-state index in [0.717, 1.165) is 29.0 Å². The van der Waals surface area contributed by atoms with E-state index in [-0.39, 0.29) is 24.6 Å². The molecule has 2 atom stereocenters. The van der Waals surface area contributed by atoms with Crippen molar-refractivity contribution in [1.29, 1.82) is 0 Å². The first-order valence-electron chi connectivity index (χ1n) is 9.47. The maximum absolute atomic E-state index is 12.4. The molecular weight excluding hydrogens is 376 g/mol. The lowest BCUT2D eigenvalue weighted by atomic mass is 9.85. The Balaban J connectivity index is 1.54. The Kier molecular flexibility index (Phi) is 5.38. The van der Waals surface area contributed by atoms with Gasteiger partial charge < -0.3 is 28.4 Å². The molecule has 154 valence electrons. The van der Waals surface area contributed by atoms with Gasteiger partial charge in [-0.3, -0.25) is 4.79 Å². The number of cyclic esters (lactones) is 1. The van der Waals surface area contributed by atoms with E-state index < -0.39 is 0 Å². The van der Waals surface area contributed by atoms with Crippen molar-refractivity contribution in [3.8, 4) is 28.7 Å². The van der Waals surface area contributed by atoms with Crippen LogP contribution in [0.3, 0.4) is 0 Å². The van der Waals surface area contributed by atoms with Crippen LogP contribution in [0, 0.1) is 11.8 Å². The molecular formula is C22H24O7. The average molecular weight is 400 g/mol. The first kappa shape index (κ1) is 19.2. The van der Waals surface area contributed by atoms with Gasteiger partial charge in [0.15, 0.2) is 23.0 Å². The average Bonchev–Trinajstić information content (AvgIpc) is 3.34. The highest BCUT2D eigenvalue weighted by Crippen LogP contribution is 2.40. The van der Waals surface area contributed by atoms with Gasteiger partial charge in [0.1, 0.15) is 0 Å². The molecule has 0 unspecified atom stereocenters. The van der Waals surface area contributed by atoms with Crippen molar-refractivity contribution in [2.75, 3.05) is 34.7 Å². The summed E-state index contributed by atoms with van der Waals surface area (Å²) >= 11 is 0. The van der Waals surface area contributed by atoms with Crippen LogP contribution in [0.5, 0.6) is 28.7 Å². The summed E-state index contributed by atoms with van der Waals surface area (Å²) in [5, 5.41) is 0. The number of hydrogen-bond acceptors (Lipinski definition) is 7. The van der Waals surface area contributed by atoms with Gasteiger partial charge in [-0.2, -0.15) is 0 Å². The molecule has 2 aliphatic rings. The van der Waals surface area contributed by atoms with Gasteiger partial charge in [0, 0.05) is 5.92 Å². The number of esters is 1. The summed E-state index contributed by atoms with van der Waals surface area (Å²) in [7, 11) is 4.72. The molecule has 2 aromatic rings. The van der Waals surface area contributed by atoms with Crippen molar-refractivity contribution in [3.05, 3.63) is 41.5 Å². The topological polar surface area (TPSA) is 72.5 Å². The predicted molar refractivity (Wildman–Crippen MR) is 104 cm³/mol. The molecule has 0 aliphatic carbocycles. The monoisotopic (exact) mass is 400 g/mol. The summed E-state index contributed by atoms with van der Waals surface area (Å²) in [4.78, 5) is 12.4.